The van der Waals surface area contributed by atoms with Gasteiger partial charge in [0.25, 0.3) is 0 Å². The van der Waals surface area contributed by atoms with Gasteiger partial charge in [0.15, 0.2) is 5.58 Å². The maximum atomic E-state index is 10.9. The summed E-state index contributed by atoms with van der Waals surface area (Å²) in [5, 5.41) is 18.5. The third kappa shape index (κ3) is 4.65. The van der Waals surface area contributed by atoms with Crippen molar-refractivity contribution in [3.8, 4) is 11.8 Å². The van der Waals surface area contributed by atoms with E-state index >= 15 is 0 Å². The molecule has 0 saturated carbocycles. The highest BCUT2D eigenvalue weighted by molar-refractivity contribution is 9.10. The molecule has 0 unspecified atom stereocenters. The average Bonchev–Trinajstić information content (AvgIpc) is 3.21. The Morgan fingerprint density at radius 2 is 1.94 bits per heavy atom. The molecule has 1 aromatic heterocycles. The highest BCUT2D eigenvalue weighted by Gasteiger charge is 2.11. The van der Waals surface area contributed by atoms with E-state index in [0.717, 1.165) is 15.6 Å². The van der Waals surface area contributed by atoms with Crippen molar-refractivity contribution in [3.63, 3.8) is 0 Å². The molecule has 0 aliphatic carbocycles. The standard InChI is InChI=1S/C24H15BrN2O4/c25-19-12-16(11-18(13-26)23-27-20-3-1-2-4-22(20)31-23)7-10-21(19)30-14-15-5-8-17(9-6-15)24(28)29/h1-12H,14H2,(H,28,29)/b18-11+. The number of aromatic nitrogens is 1. The summed E-state index contributed by atoms with van der Waals surface area (Å²) in [5.41, 5.74) is 3.50. The van der Waals surface area contributed by atoms with Crippen molar-refractivity contribution in [2.24, 2.45) is 0 Å². The molecule has 4 aromatic rings. The molecule has 0 aliphatic heterocycles. The van der Waals surface area contributed by atoms with Gasteiger partial charge in [-0.15, -0.1) is 0 Å². The van der Waals surface area contributed by atoms with E-state index in [1.807, 2.05) is 30.3 Å². The molecule has 6 nitrogen and oxygen atoms in total. The van der Waals surface area contributed by atoms with Crippen LogP contribution in [-0.2, 0) is 6.61 Å². The number of ether oxygens (including phenoxy) is 1. The van der Waals surface area contributed by atoms with E-state index < -0.39 is 5.97 Å². The summed E-state index contributed by atoms with van der Waals surface area (Å²) in [4.78, 5) is 15.3. The molecular formula is C24H15BrN2O4. The molecule has 31 heavy (non-hydrogen) atoms. The molecule has 1 heterocycles. The first kappa shape index (κ1) is 20.4. The van der Waals surface area contributed by atoms with Gasteiger partial charge in [0, 0.05) is 0 Å². The van der Waals surface area contributed by atoms with Gasteiger partial charge in [-0.3, -0.25) is 0 Å². The number of oxazole rings is 1. The summed E-state index contributed by atoms with van der Waals surface area (Å²) in [6.07, 6.45) is 1.70. The lowest BCUT2D eigenvalue weighted by Gasteiger charge is -2.09. The summed E-state index contributed by atoms with van der Waals surface area (Å²) >= 11 is 3.49. The van der Waals surface area contributed by atoms with Crippen molar-refractivity contribution >= 4 is 44.6 Å². The number of carbonyl (C=O) groups is 1. The van der Waals surface area contributed by atoms with Crippen molar-refractivity contribution in [1.82, 2.24) is 4.98 Å². The molecule has 1 N–H and O–H groups in total. The van der Waals surface area contributed by atoms with E-state index in [9.17, 15) is 10.1 Å². The quantitative estimate of drug-likeness (QED) is 0.347. The molecular weight excluding hydrogens is 460 g/mol. The monoisotopic (exact) mass is 474 g/mol. The Morgan fingerprint density at radius 1 is 1.16 bits per heavy atom. The van der Waals surface area contributed by atoms with Crippen LogP contribution in [0.4, 0.5) is 0 Å². The molecule has 4 rings (SSSR count). The fraction of sp³-hybridized carbons (Fsp3) is 0.0417. The van der Waals surface area contributed by atoms with Gasteiger partial charge in [-0.2, -0.15) is 5.26 Å². The topological polar surface area (TPSA) is 96.3 Å². The summed E-state index contributed by atoms with van der Waals surface area (Å²) in [7, 11) is 0. The van der Waals surface area contributed by atoms with Crippen LogP contribution in [0.15, 0.2) is 75.6 Å². The van der Waals surface area contributed by atoms with Crippen molar-refractivity contribution in [2.75, 3.05) is 0 Å². The Labute approximate surface area is 186 Å². The lowest BCUT2D eigenvalue weighted by molar-refractivity contribution is 0.0697. The van der Waals surface area contributed by atoms with Gasteiger partial charge in [0.05, 0.1) is 10.0 Å². The summed E-state index contributed by atoms with van der Waals surface area (Å²) in [6.45, 7) is 0.292. The summed E-state index contributed by atoms with van der Waals surface area (Å²) in [6, 6.07) is 21.5. The number of halogens is 1. The van der Waals surface area contributed by atoms with Crippen molar-refractivity contribution in [2.45, 2.75) is 6.61 Å². The molecule has 3 aromatic carbocycles. The SMILES string of the molecule is N#C/C(=C\c1ccc(OCc2ccc(C(=O)O)cc2)c(Br)c1)c1nc2ccccc2o1. The Balaban J connectivity index is 1.50. The number of hydrogen-bond donors (Lipinski definition) is 1. The molecule has 0 fully saturated rings. The highest BCUT2D eigenvalue weighted by atomic mass is 79.9. The number of hydrogen-bond acceptors (Lipinski definition) is 5. The molecule has 0 aliphatic rings. The third-order valence-corrected chi connectivity index (χ3v) is 5.13. The average molecular weight is 475 g/mol. The normalized spacial score (nSPS) is 11.3. The van der Waals surface area contributed by atoms with E-state index in [1.165, 1.54) is 0 Å². The molecule has 0 amide bonds. The van der Waals surface area contributed by atoms with E-state index in [4.69, 9.17) is 14.3 Å². The lowest BCUT2D eigenvalue weighted by Crippen LogP contribution is -1.99. The third-order valence-electron chi connectivity index (χ3n) is 4.51. The predicted octanol–water partition coefficient (Wildman–Crippen LogP) is 5.93. The minimum Gasteiger partial charge on any atom is -0.488 e. The van der Waals surface area contributed by atoms with E-state index in [-0.39, 0.29) is 11.5 Å². The molecule has 152 valence electrons. The molecule has 0 radical (unpaired) electrons. The zero-order valence-corrected chi connectivity index (χ0v) is 17.7. The van der Waals surface area contributed by atoms with Crippen LogP contribution in [0.3, 0.4) is 0 Å². The first-order valence-corrected chi connectivity index (χ1v) is 10.0. The first-order valence-electron chi connectivity index (χ1n) is 9.26. The van der Waals surface area contributed by atoms with Crippen molar-refractivity contribution in [1.29, 1.82) is 5.26 Å². The zero-order chi connectivity index (χ0) is 21.8. The predicted molar refractivity (Wildman–Crippen MR) is 119 cm³/mol. The molecule has 7 heteroatoms. The maximum absolute atomic E-state index is 10.9. The number of nitriles is 1. The number of fused-ring (bicyclic) bond motifs is 1. The van der Waals surface area contributed by atoms with E-state index in [0.29, 0.717) is 29.0 Å². The minimum absolute atomic E-state index is 0.230. The minimum atomic E-state index is -0.964. The van der Waals surface area contributed by atoms with Crippen LogP contribution in [0, 0.1) is 11.3 Å². The van der Waals surface area contributed by atoms with Crippen LogP contribution < -0.4 is 4.74 Å². The number of carboxylic acids is 1. The number of para-hydroxylation sites is 2. The second-order valence-electron chi connectivity index (χ2n) is 6.64. The Hall–Kier alpha value is -3.89. The number of carboxylic acid groups (broad SMARTS) is 1. The summed E-state index contributed by atoms with van der Waals surface area (Å²) < 4.78 is 12.2. The van der Waals surface area contributed by atoms with Crippen LogP contribution in [0.2, 0.25) is 0 Å². The van der Waals surface area contributed by atoms with Gasteiger partial charge in [0.1, 0.15) is 29.5 Å². The van der Waals surface area contributed by atoms with Gasteiger partial charge in [-0.25, -0.2) is 9.78 Å². The van der Waals surface area contributed by atoms with E-state index in [2.05, 4.69) is 27.0 Å². The highest BCUT2D eigenvalue weighted by Crippen LogP contribution is 2.29. The van der Waals surface area contributed by atoms with Crippen molar-refractivity contribution in [3.05, 3.63) is 93.8 Å². The summed E-state index contributed by atoms with van der Waals surface area (Å²) in [5.74, 6) is -0.0711. The number of nitrogens with zero attached hydrogens (tertiary/aromatic N) is 2. The van der Waals surface area contributed by atoms with Crippen molar-refractivity contribution < 1.29 is 19.1 Å². The van der Waals surface area contributed by atoms with Gasteiger partial charge in [-0.05, 0) is 69.5 Å². The van der Waals surface area contributed by atoms with Crippen LogP contribution >= 0.6 is 15.9 Å². The van der Waals surface area contributed by atoms with Crippen LogP contribution in [0.25, 0.3) is 22.7 Å². The molecule has 0 saturated heterocycles. The zero-order valence-electron chi connectivity index (χ0n) is 16.1. The first-order chi connectivity index (χ1) is 15.0. The number of rotatable bonds is 6. The number of aromatic carboxylic acids is 1. The maximum Gasteiger partial charge on any atom is 0.335 e. The van der Waals surface area contributed by atoms with Crippen LogP contribution in [0.5, 0.6) is 5.75 Å². The fourth-order valence-corrected chi connectivity index (χ4v) is 3.44. The van der Waals surface area contributed by atoms with Crippen LogP contribution in [0.1, 0.15) is 27.4 Å². The Bertz CT molecular complexity index is 1300. The van der Waals surface area contributed by atoms with Crippen LogP contribution in [-0.4, -0.2) is 16.1 Å². The van der Waals surface area contributed by atoms with Gasteiger partial charge >= 0.3 is 5.97 Å². The molecule has 0 spiro atoms. The number of allylic oxidation sites excluding steroid dienone is 1. The second kappa shape index (κ2) is 8.86. The molecule has 0 bridgehead atoms. The second-order valence-corrected chi connectivity index (χ2v) is 7.49. The number of benzene rings is 3. The Kier molecular flexibility index (Phi) is 5.83. The lowest BCUT2D eigenvalue weighted by atomic mass is 10.1. The van der Waals surface area contributed by atoms with Gasteiger partial charge in [0.2, 0.25) is 5.89 Å². The van der Waals surface area contributed by atoms with Gasteiger partial charge in [-0.1, -0.05) is 30.3 Å². The van der Waals surface area contributed by atoms with E-state index in [1.54, 1.807) is 42.5 Å². The van der Waals surface area contributed by atoms with Gasteiger partial charge < -0.3 is 14.3 Å². The Morgan fingerprint density at radius 3 is 2.61 bits per heavy atom. The molecule has 0 atom stereocenters. The fourth-order valence-electron chi connectivity index (χ4n) is 2.92. The smallest absolute Gasteiger partial charge is 0.335 e. The largest absolute Gasteiger partial charge is 0.488 e.